The number of benzene rings is 3. The summed E-state index contributed by atoms with van der Waals surface area (Å²) in [4.78, 5) is 31.1. The highest BCUT2D eigenvalue weighted by molar-refractivity contribution is 5.95. The molecule has 248 valence electrons. The van der Waals surface area contributed by atoms with Crippen molar-refractivity contribution in [1.82, 2.24) is 9.47 Å². The summed E-state index contributed by atoms with van der Waals surface area (Å²) in [7, 11) is 1.54. The molecule has 6 rings (SSSR count). The third-order valence-electron chi connectivity index (χ3n) is 9.41. The molecule has 1 saturated heterocycles. The molecular weight excluding hydrogens is 600 g/mol. The highest BCUT2D eigenvalue weighted by Gasteiger charge is 2.47. The van der Waals surface area contributed by atoms with Crippen molar-refractivity contribution in [1.29, 1.82) is 0 Å². The number of aromatic hydroxyl groups is 1. The Hall–Kier alpha value is -4.74. The average molecular weight is 643 g/mol. The fourth-order valence-electron chi connectivity index (χ4n) is 7.02. The number of carboxylic acids is 1. The van der Waals surface area contributed by atoms with Crippen LogP contribution >= 0.6 is 0 Å². The summed E-state index contributed by atoms with van der Waals surface area (Å²) < 4.78 is 18.6. The van der Waals surface area contributed by atoms with Crippen LogP contribution in [0.2, 0.25) is 0 Å². The molecule has 0 saturated carbocycles. The highest BCUT2D eigenvalue weighted by Crippen LogP contribution is 2.47. The van der Waals surface area contributed by atoms with Gasteiger partial charge in [-0.25, -0.2) is 0 Å². The van der Waals surface area contributed by atoms with Gasteiger partial charge in [0.2, 0.25) is 18.4 Å². The van der Waals surface area contributed by atoms with Crippen LogP contribution in [0, 0.1) is 5.92 Å². The second-order valence-electron chi connectivity index (χ2n) is 12.2. The van der Waals surface area contributed by atoms with Crippen LogP contribution in [0.1, 0.15) is 43.2 Å². The Labute approximate surface area is 274 Å². The van der Waals surface area contributed by atoms with Crippen LogP contribution in [-0.2, 0) is 22.7 Å². The topological polar surface area (TPSA) is 140 Å². The Morgan fingerprint density at radius 1 is 1.11 bits per heavy atom. The van der Waals surface area contributed by atoms with Crippen molar-refractivity contribution in [3.05, 3.63) is 78.0 Å². The molecule has 4 N–H and O–H groups in total. The summed E-state index contributed by atoms with van der Waals surface area (Å²) in [6, 6.07) is 18.4. The molecule has 0 bridgehead atoms. The number of fused-ring (bicyclic) bond motifs is 2. The quantitative estimate of drug-likeness (QED) is 0.185. The van der Waals surface area contributed by atoms with E-state index >= 15 is 0 Å². The van der Waals surface area contributed by atoms with E-state index in [2.05, 4.69) is 6.92 Å². The molecule has 1 amide bonds. The number of carbonyl (C=O) groups is 2. The standard InChI is InChI=1S/C36H42N4O7/c1-3-4-13-40(26-10-7-8-23(15-26)18-37)32(41)21-39-20-28(25-16-30(45-2)34-31(17-25)46-22-47-34)33(36(43)44)29(39)12-14-38-19-24-9-5-6-11-27(24)35(38)42/h5-11,15-17,19,28-29,33,42H,3-4,12-14,18,20-22,37H2,1-2H3,(H,43,44)/t28-,29+,33?/m1/s1. The molecule has 1 fully saturated rings. The van der Waals surface area contributed by atoms with Crippen molar-refractivity contribution in [3.63, 3.8) is 0 Å². The van der Waals surface area contributed by atoms with Crippen LogP contribution < -0.4 is 24.8 Å². The van der Waals surface area contributed by atoms with E-state index < -0.39 is 23.8 Å². The lowest BCUT2D eigenvalue weighted by Crippen LogP contribution is -2.45. The van der Waals surface area contributed by atoms with Gasteiger partial charge in [-0.3, -0.25) is 14.5 Å². The van der Waals surface area contributed by atoms with Gasteiger partial charge >= 0.3 is 5.97 Å². The molecule has 3 atom stereocenters. The van der Waals surface area contributed by atoms with E-state index in [1.807, 2.05) is 71.8 Å². The van der Waals surface area contributed by atoms with Gasteiger partial charge in [0.15, 0.2) is 17.4 Å². The zero-order chi connectivity index (χ0) is 33.1. The first-order valence-corrected chi connectivity index (χ1v) is 16.1. The Morgan fingerprint density at radius 3 is 2.68 bits per heavy atom. The zero-order valence-electron chi connectivity index (χ0n) is 26.8. The number of methoxy groups -OCH3 is 1. The number of aromatic nitrogens is 1. The summed E-state index contributed by atoms with van der Waals surface area (Å²) >= 11 is 0. The monoisotopic (exact) mass is 642 g/mol. The van der Waals surface area contributed by atoms with Gasteiger partial charge < -0.3 is 39.6 Å². The van der Waals surface area contributed by atoms with E-state index in [-0.39, 0.29) is 25.1 Å². The lowest BCUT2D eigenvalue weighted by molar-refractivity contribution is -0.143. The number of ether oxygens (including phenoxy) is 3. The molecule has 11 heteroatoms. The first-order chi connectivity index (χ1) is 22.8. The number of aliphatic carboxylic acids is 1. The van der Waals surface area contributed by atoms with Gasteiger partial charge in [-0.2, -0.15) is 0 Å². The molecular formula is C36H42N4O7. The molecule has 1 aromatic heterocycles. The molecule has 0 radical (unpaired) electrons. The number of aryl methyl sites for hydroxylation is 1. The van der Waals surface area contributed by atoms with Gasteiger partial charge in [-0.05, 0) is 54.3 Å². The zero-order valence-corrected chi connectivity index (χ0v) is 26.8. The summed E-state index contributed by atoms with van der Waals surface area (Å²) in [5, 5.41) is 23.3. The second kappa shape index (κ2) is 13.9. The fourth-order valence-corrected chi connectivity index (χ4v) is 7.02. The van der Waals surface area contributed by atoms with Crippen molar-refractivity contribution >= 4 is 28.3 Å². The van der Waals surface area contributed by atoms with Gasteiger partial charge in [0.25, 0.3) is 0 Å². The number of nitrogens with two attached hydrogens (primary N) is 1. The average Bonchev–Trinajstić information content (AvgIpc) is 3.79. The molecule has 1 unspecified atom stereocenters. The lowest BCUT2D eigenvalue weighted by Gasteiger charge is -2.30. The second-order valence-corrected chi connectivity index (χ2v) is 12.2. The largest absolute Gasteiger partial charge is 0.494 e. The Kier molecular flexibility index (Phi) is 9.55. The Balaban J connectivity index is 1.34. The molecule has 0 spiro atoms. The molecule has 11 nitrogen and oxygen atoms in total. The number of nitrogens with zero attached hydrogens (tertiary/aromatic N) is 3. The number of anilines is 1. The summed E-state index contributed by atoms with van der Waals surface area (Å²) in [5.41, 5.74) is 8.36. The SMILES string of the molecule is CCCCN(C(=O)CN1C[C@H](c2cc(OC)c3c(c2)OCO3)C(C(=O)O)[C@@H]1CCn1cc2ccccc2c1O)c1cccc(CN)c1. The van der Waals surface area contributed by atoms with Crippen LogP contribution in [0.5, 0.6) is 23.1 Å². The van der Waals surface area contributed by atoms with E-state index in [0.29, 0.717) is 49.8 Å². The predicted molar refractivity (Wildman–Crippen MR) is 178 cm³/mol. The van der Waals surface area contributed by atoms with Crippen molar-refractivity contribution in [2.45, 2.75) is 51.2 Å². The molecule has 2 aliphatic rings. The number of carbonyl (C=O) groups excluding carboxylic acids is 1. The normalized spacial score (nSPS) is 18.9. The van der Waals surface area contributed by atoms with Crippen molar-refractivity contribution in [3.8, 4) is 23.1 Å². The predicted octanol–water partition coefficient (Wildman–Crippen LogP) is 4.94. The van der Waals surface area contributed by atoms with Crippen LogP contribution in [0.3, 0.4) is 0 Å². The van der Waals surface area contributed by atoms with E-state index in [0.717, 1.165) is 40.4 Å². The minimum Gasteiger partial charge on any atom is -0.494 e. The Morgan fingerprint density at radius 2 is 1.94 bits per heavy atom. The van der Waals surface area contributed by atoms with Crippen LogP contribution in [-0.4, -0.2) is 71.1 Å². The summed E-state index contributed by atoms with van der Waals surface area (Å²) in [6.07, 6.45) is 4.01. The minimum absolute atomic E-state index is 0.0306. The van der Waals surface area contributed by atoms with Gasteiger partial charge in [0.05, 0.1) is 19.6 Å². The van der Waals surface area contributed by atoms with E-state index in [9.17, 15) is 19.8 Å². The first kappa shape index (κ1) is 32.2. The van der Waals surface area contributed by atoms with Gasteiger partial charge in [0, 0.05) is 60.8 Å². The maximum atomic E-state index is 14.2. The number of likely N-dealkylation sites (tertiary alicyclic amines) is 1. The van der Waals surface area contributed by atoms with E-state index in [1.165, 1.54) is 7.11 Å². The van der Waals surface area contributed by atoms with Crippen molar-refractivity contribution in [2.75, 3.05) is 38.4 Å². The van der Waals surface area contributed by atoms with Crippen LogP contribution in [0.25, 0.3) is 10.8 Å². The minimum atomic E-state index is -0.952. The van der Waals surface area contributed by atoms with E-state index in [4.69, 9.17) is 19.9 Å². The molecule has 3 heterocycles. The van der Waals surface area contributed by atoms with Crippen molar-refractivity contribution < 1.29 is 34.0 Å². The number of hydrogen-bond acceptors (Lipinski definition) is 8. The molecule has 0 aliphatic carbocycles. The number of amides is 1. The van der Waals surface area contributed by atoms with Crippen molar-refractivity contribution in [2.24, 2.45) is 11.7 Å². The highest BCUT2D eigenvalue weighted by atomic mass is 16.7. The number of carboxylic acid groups (broad SMARTS) is 1. The lowest BCUT2D eigenvalue weighted by atomic mass is 9.84. The molecule has 47 heavy (non-hydrogen) atoms. The third-order valence-corrected chi connectivity index (χ3v) is 9.41. The van der Waals surface area contributed by atoms with Crippen LogP contribution in [0.15, 0.2) is 66.9 Å². The van der Waals surface area contributed by atoms with Crippen LogP contribution in [0.4, 0.5) is 5.69 Å². The molecule has 2 aliphatic heterocycles. The number of hydrogen-bond donors (Lipinski definition) is 3. The molecule has 4 aromatic rings. The van der Waals surface area contributed by atoms with Gasteiger partial charge in [0.1, 0.15) is 0 Å². The van der Waals surface area contributed by atoms with E-state index in [1.54, 1.807) is 9.47 Å². The van der Waals surface area contributed by atoms with Gasteiger partial charge in [-0.1, -0.05) is 43.7 Å². The summed E-state index contributed by atoms with van der Waals surface area (Å²) in [5.74, 6) is -0.766. The molecule has 3 aromatic carbocycles. The Bertz CT molecular complexity index is 1750. The smallest absolute Gasteiger partial charge is 0.308 e. The summed E-state index contributed by atoms with van der Waals surface area (Å²) in [6.45, 7) is 3.77. The number of unbranched alkanes of at least 4 members (excludes halogenated alkanes) is 1. The number of rotatable bonds is 13. The maximum absolute atomic E-state index is 14.2. The van der Waals surface area contributed by atoms with Gasteiger partial charge in [-0.15, -0.1) is 0 Å². The fraction of sp³-hybridized carbons (Fsp3) is 0.389. The maximum Gasteiger partial charge on any atom is 0.308 e. The third kappa shape index (κ3) is 6.45. The first-order valence-electron chi connectivity index (χ1n) is 16.1.